The Morgan fingerprint density at radius 1 is 1.06 bits per heavy atom. The summed E-state index contributed by atoms with van der Waals surface area (Å²) in [4.78, 5) is 0. The maximum Gasteiger partial charge on any atom is 0.0978 e. The number of unbranched alkanes of at least 4 members (excludes halogenated alkanes) is 5. The van der Waals surface area contributed by atoms with Crippen molar-refractivity contribution in [1.29, 1.82) is 0 Å². The average Bonchev–Trinajstić information content (AvgIpc) is 2.42. The molecular formula is C16H32OS. The molecule has 0 radical (unpaired) electrons. The van der Waals surface area contributed by atoms with E-state index in [9.17, 15) is 0 Å². The normalized spacial score (nSPS) is 22.2. The topological polar surface area (TPSA) is 9.23 Å². The molecule has 0 saturated carbocycles. The zero-order valence-corrected chi connectivity index (χ0v) is 13.3. The Kier molecular flexibility index (Phi) is 9.96. The van der Waals surface area contributed by atoms with Gasteiger partial charge in [-0.2, -0.15) is 10.5 Å². The third-order valence-corrected chi connectivity index (χ3v) is 6.16. The molecule has 0 aromatic heterocycles. The van der Waals surface area contributed by atoms with Gasteiger partial charge in [0, 0.05) is 6.61 Å². The third kappa shape index (κ3) is 6.94. The van der Waals surface area contributed by atoms with Crippen molar-refractivity contribution in [3.63, 3.8) is 0 Å². The highest BCUT2D eigenvalue weighted by Gasteiger charge is 2.16. The van der Waals surface area contributed by atoms with Crippen molar-refractivity contribution in [2.75, 3.05) is 12.4 Å². The molecule has 18 heavy (non-hydrogen) atoms. The van der Waals surface area contributed by atoms with E-state index in [2.05, 4.69) is 19.2 Å². The highest BCUT2D eigenvalue weighted by Crippen LogP contribution is 2.30. The minimum Gasteiger partial charge on any atom is -0.368 e. The Balaban J connectivity index is 2.19. The van der Waals surface area contributed by atoms with Gasteiger partial charge < -0.3 is 4.74 Å². The zero-order valence-electron chi connectivity index (χ0n) is 12.5. The summed E-state index contributed by atoms with van der Waals surface area (Å²) in [5.74, 6) is 1.38. The molecule has 1 rings (SSSR count). The van der Waals surface area contributed by atoms with Gasteiger partial charge in [-0.1, -0.05) is 51.3 Å². The monoisotopic (exact) mass is 272 g/mol. The van der Waals surface area contributed by atoms with Gasteiger partial charge in [0.25, 0.3) is 0 Å². The molecule has 1 fully saturated rings. The van der Waals surface area contributed by atoms with Gasteiger partial charge in [0.15, 0.2) is 0 Å². The molecule has 0 aromatic rings. The van der Waals surface area contributed by atoms with Gasteiger partial charge in [-0.05, 0) is 37.9 Å². The lowest BCUT2D eigenvalue weighted by molar-refractivity contribution is 0.0724. The van der Waals surface area contributed by atoms with Crippen LogP contribution in [-0.4, -0.2) is 23.2 Å². The lowest BCUT2D eigenvalue weighted by Crippen LogP contribution is -2.18. The summed E-state index contributed by atoms with van der Waals surface area (Å²) in [6.07, 6.45) is 13.6. The van der Waals surface area contributed by atoms with E-state index in [1.165, 1.54) is 70.0 Å². The molecule has 0 amide bonds. The van der Waals surface area contributed by atoms with Crippen LogP contribution in [0.25, 0.3) is 0 Å². The highest BCUT2D eigenvalue weighted by atomic mass is 32.2. The van der Waals surface area contributed by atoms with Crippen molar-refractivity contribution in [3.05, 3.63) is 0 Å². The number of rotatable bonds is 9. The molecule has 0 aliphatic carbocycles. The van der Waals surface area contributed by atoms with Gasteiger partial charge in [0.05, 0.1) is 5.44 Å². The second-order valence-corrected chi connectivity index (χ2v) is 7.52. The molecule has 1 heterocycles. The van der Waals surface area contributed by atoms with E-state index in [0.29, 0.717) is 15.9 Å². The van der Waals surface area contributed by atoms with Crippen LogP contribution in [0.5, 0.6) is 0 Å². The van der Waals surface area contributed by atoms with Crippen molar-refractivity contribution in [1.82, 2.24) is 0 Å². The molecule has 108 valence electrons. The first-order chi connectivity index (χ1) is 8.88. The summed E-state index contributed by atoms with van der Waals surface area (Å²) in [5.41, 5.74) is 0.564. The first-order valence-corrected chi connectivity index (χ1v) is 9.54. The molecule has 0 aromatic carbocycles. The summed E-state index contributed by atoms with van der Waals surface area (Å²) in [5, 5.41) is 2.53. The van der Waals surface area contributed by atoms with E-state index in [1.54, 1.807) is 0 Å². The Bertz CT molecular complexity index is 219. The first-order valence-electron chi connectivity index (χ1n) is 8.02. The quantitative estimate of drug-likeness (QED) is 0.406. The molecular weight excluding hydrogens is 240 g/mol. The molecule has 0 bridgehead atoms. The van der Waals surface area contributed by atoms with Gasteiger partial charge in [0.2, 0.25) is 0 Å². The standard InChI is InChI=1S/C16H32OS/c1-3-5-6-7-8-11-15-18(14-4-2)16-12-9-10-13-17-16/h14,16H,3-13,15H2,1-2H3. The van der Waals surface area contributed by atoms with Crippen LogP contribution in [0.1, 0.15) is 78.1 Å². The molecule has 2 unspecified atom stereocenters. The Labute approximate surface area is 117 Å². The molecule has 1 aliphatic heterocycles. The van der Waals surface area contributed by atoms with Crippen LogP contribution in [0.3, 0.4) is 0 Å². The first kappa shape index (κ1) is 16.2. The van der Waals surface area contributed by atoms with Gasteiger partial charge >= 0.3 is 0 Å². The van der Waals surface area contributed by atoms with Crippen LogP contribution in [-0.2, 0) is 4.74 Å². The largest absolute Gasteiger partial charge is 0.368 e. The SMILES string of the molecule is CCC=S(CCCCCCCC)C1CCCCO1. The molecule has 1 nitrogen and oxygen atoms in total. The zero-order chi connectivity index (χ0) is 13.1. The van der Waals surface area contributed by atoms with Crippen LogP contribution in [0, 0.1) is 0 Å². The lowest BCUT2D eigenvalue weighted by Gasteiger charge is -2.26. The van der Waals surface area contributed by atoms with Crippen LogP contribution in [0.4, 0.5) is 0 Å². The fourth-order valence-corrected chi connectivity index (χ4v) is 4.89. The minimum atomic E-state index is 0.435. The van der Waals surface area contributed by atoms with Crippen LogP contribution in [0.15, 0.2) is 0 Å². The number of ether oxygens (including phenoxy) is 1. The third-order valence-electron chi connectivity index (χ3n) is 3.59. The molecule has 0 spiro atoms. The molecule has 2 heteroatoms. The van der Waals surface area contributed by atoms with E-state index in [0.717, 1.165) is 6.61 Å². The predicted molar refractivity (Wildman–Crippen MR) is 85.8 cm³/mol. The van der Waals surface area contributed by atoms with Gasteiger partial charge in [-0.15, -0.1) is 0 Å². The lowest BCUT2D eigenvalue weighted by atomic mass is 10.1. The summed E-state index contributed by atoms with van der Waals surface area (Å²) in [7, 11) is 0.435. The molecule has 2 atom stereocenters. The van der Waals surface area contributed by atoms with E-state index < -0.39 is 0 Å². The summed E-state index contributed by atoms with van der Waals surface area (Å²) in [6.45, 7) is 5.56. The molecule has 1 saturated heterocycles. The van der Waals surface area contributed by atoms with Gasteiger partial charge in [-0.25, -0.2) is 0 Å². The highest BCUT2D eigenvalue weighted by molar-refractivity contribution is 8.15. The average molecular weight is 272 g/mol. The number of hydrogen-bond donors (Lipinski definition) is 0. The van der Waals surface area contributed by atoms with Crippen molar-refractivity contribution < 1.29 is 4.74 Å². The minimum absolute atomic E-state index is 0.435. The van der Waals surface area contributed by atoms with Crippen LogP contribution < -0.4 is 0 Å². The van der Waals surface area contributed by atoms with Crippen molar-refractivity contribution in [3.8, 4) is 0 Å². The van der Waals surface area contributed by atoms with E-state index in [4.69, 9.17) is 4.74 Å². The second-order valence-electron chi connectivity index (χ2n) is 5.31. The fourth-order valence-electron chi connectivity index (χ4n) is 2.54. The van der Waals surface area contributed by atoms with Gasteiger partial charge in [0.1, 0.15) is 0 Å². The van der Waals surface area contributed by atoms with E-state index >= 15 is 0 Å². The fraction of sp³-hybridized carbons (Fsp3) is 0.938. The Hall–Kier alpha value is 0.180. The Morgan fingerprint density at radius 3 is 2.50 bits per heavy atom. The van der Waals surface area contributed by atoms with Crippen molar-refractivity contribution in [2.45, 2.75) is 83.5 Å². The van der Waals surface area contributed by atoms with Crippen molar-refractivity contribution in [2.24, 2.45) is 0 Å². The molecule has 0 N–H and O–H groups in total. The number of hydrogen-bond acceptors (Lipinski definition) is 1. The second kappa shape index (κ2) is 11.0. The molecule has 1 aliphatic rings. The summed E-state index contributed by atoms with van der Waals surface area (Å²) >= 11 is 0. The maximum atomic E-state index is 5.97. The van der Waals surface area contributed by atoms with E-state index in [1.807, 2.05) is 0 Å². The van der Waals surface area contributed by atoms with E-state index in [-0.39, 0.29) is 0 Å². The Morgan fingerprint density at radius 2 is 1.83 bits per heavy atom. The summed E-state index contributed by atoms with van der Waals surface area (Å²) in [6, 6.07) is 0. The maximum absolute atomic E-state index is 5.97. The van der Waals surface area contributed by atoms with Crippen molar-refractivity contribution >= 4 is 15.9 Å². The van der Waals surface area contributed by atoms with Crippen LogP contribution in [0.2, 0.25) is 0 Å². The predicted octanol–water partition coefficient (Wildman–Crippen LogP) is 5.35. The summed E-state index contributed by atoms with van der Waals surface area (Å²) < 4.78 is 5.97. The smallest absolute Gasteiger partial charge is 0.0978 e. The van der Waals surface area contributed by atoms with Gasteiger partial charge in [-0.3, -0.25) is 0 Å². The van der Waals surface area contributed by atoms with Crippen LogP contribution >= 0.6 is 10.5 Å².